The smallest absolute Gasteiger partial charge is 0.325 e. The third-order valence-corrected chi connectivity index (χ3v) is 5.64. The second-order valence-electron chi connectivity index (χ2n) is 7.20. The van der Waals surface area contributed by atoms with Crippen molar-refractivity contribution in [3.05, 3.63) is 70.7 Å². The van der Waals surface area contributed by atoms with Crippen LogP contribution in [0.4, 0.5) is 4.79 Å². The van der Waals surface area contributed by atoms with Crippen molar-refractivity contribution < 1.29 is 14.4 Å². The first-order chi connectivity index (χ1) is 13.5. The number of benzene rings is 2. The fourth-order valence-corrected chi connectivity index (χ4v) is 4.11. The molecule has 7 heteroatoms. The molecular formula is C21H20ClN3O3. The second kappa shape index (κ2) is 7.28. The van der Waals surface area contributed by atoms with Gasteiger partial charge in [-0.1, -0.05) is 54.1 Å². The lowest BCUT2D eigenvalue weighted by Crippen LogP contribution is -2.59. The number of piperidine rings is 1. The Kier molecular flexibility index (Phi) is 4.81. The molecule has 4 rings (SSSR count). The van der Waals surface area contributed by atoms with Gasteiger partial charge in [0, 0.05) is 6.54 Å². The molecule has 4 amide bonds. The van der Waals surface area contributed by atoms with Crippen molar-refractivity contribution >= 4 is 29.4 Å². The van der Waals surface area contributed by atoms with Crippen LogP contribution < -0.4 is 5.32 Å². The Bertz CT molecular complexity index is 934. The summed E-state index contributed by atoms with van der Waals surface area (Å²) >= 11 is 6.16. The summed E-state index contributed by atoms with van der Waals surface area (Å²) in [5, 5.41) is 3.23. The molecule has 2 aliphatic rings. The monoisotopic (exact) mass is 397 g/mol. The number of halogens is 1. The summed E-state index contributed by atoms with van der Waals surface area (Å²) < 4.78 is 0. The lowest BCUT2D eigenvalue weighted by atomic mass is 9.88. The van der Waals surface area contributed by atoms with E-state index in [0.29, 0.717) is 30.0 Å². The van der Waals surface area contributed by atoms with Crippen molar-refractivity contribution in [1.29, 1.82) is 0 Å². The Morgan fingerprint density at radius 1 is 1.07 bits per heavy atom. The summed E-state index contributed by atoms with van der Waals surface area (Å²) in [7, 11) is 0. The third-order valence-electron chi connectivity index (χ3n) is 5.31. The van der Waals surface area contributed by atoms with E-state index in [4.69, 9.17) is 11.6 Å². The van der Waals surface area contributed by atoms with Gasteiger partial charge < -0.3 is 10.2 Å². The molecule has 1 spiro atoms. The van der Waals surface area contributed by atoms with E-state index in [0.717, 1.165) is 5.56 Å². The van der Waals surface area contributed by atoms with E-state index < -0.39 is 11.6 Å². The maximum absolute atomic E-state index is 13.1. The molecule has 2 heterocycles. The predicted molar refractivity (Wildman–Crippen MR) is 105 cm³/mol. The SMILES string of the molecule is O=C(c1ccccc1Cl)N1CCCC2(C1)NC(=O)N(Cc1ccccc1)C2=O. The predicted octanol–water partition coefficient (Wildman–Crippen LogP) is 3.07. The first kappa shape index (κ1) is 18.5. The van der Waals surface area contributed by atoms with Crippen molar-refractivity contribution in [1.82, 2.24) is 15.1 Å². The standard InChI is InChI=1S/C21H20ClN3O3/c22-17-10-5-4-9-16(17)18(26)24-12-6-11-21(14-24)19(27)25(20(28)23-21)13-15-7-2-1-3-8-15/h1-5,7-10H,6,11-14H2,(H,23,28). The number of hydrogen-bond donors (Lipinski definition) is 1. The Labute approximate surface area is 168 Å². The molecule has 28 heavy (non-hydrogen) atoms. The minimum Gasteiger partial charge on any atom is -0.336 e. The molecule has 2 fully saturated rings. The summed E-state index contributed by atoms with van der Waals surface area (Å²) in [4.78, 5) is 41.4. The second-order valence-corrected chi connectivity index (χ2v) is 7.61. The molecule has 2 aromatic carbocycles. The first-order valence-corrected chi connectivity index (χ1v) is 9.60. The van der Waals surface area contributed by atoms with Gasteiger partial charge in [-0.25, -0.2) is 4.79 Å². The third kappa shape index (κ3) is 3.24. The number of nitrogens with one attached hydrogen (secondary N) is 1. The number of hydrogen-bond acceptors (Lipinski definition) is 3. The zero-order valence-electron chi connectivity index (χ0n) is 15.2. The summed E-state index contributed by atoms with van der Waals surface area (Å²) in [6, 6.07) is 15.8. The Morgan fingerprint density at radius 3 is 2.54 bits per heavy atom. The van der Waals surface area contributed by atoms with Gasteiger partial charge in [0.15, 0.2) is 0 Å². The normalized spacial score (nSPS) is 21.9. The van der Waals surface area contributed by atoms with Crippen LogP contribution in [0.3, 0.4) is 0 Å². The van der Waals surface area contributed by atoms with Crippen molar-refractivity contribution in [2.45, 2.75) is 24.9 Å². The number of carbonyl (C=O) groups excluding carboxylic acids is 3. The number of amides is 4. The molecule has 1 atom stereocenters. The van der Waals surface area contributed by atoms with Crippen LogP contribution in [0.1, 0.15) is 28.8 Å². The average Bonchev–Trinajstić information content (AvgIpc) is 2.92. The lowest BCUT2D eigenvalue weighted by molar-refractivity contribution is -0.133. The van der Waals surface area contributed by atoms with Gasteiger partial charge >= 0.3 is 6.03 Å². The van der Waals surface area contributed by atoms with Gasteiger partial charge in [-0.15, -0.1) is 0 Å². The maximum Gasteiger partial charge on any atom is 0.325 e. The van der Waals surface area contributed by atoms with Gasteiger partial charge in [-0.3, -0.25) is 14.5 Å². The molecule has 6 nitrogen and oxygen atoms in total. The van der Waals surface area contributed by atoms with Crippen LogP contribution in [0.15, 0.2) is 54.6 Å². The molecule has 0 radical (unpaired) electrons. The quantitative estimate of drug-likeness (QED) is 0.809. The fourth-order valence-electron chi connectivity index (χ4n) is 3.90. The number of rotatable bonds is 3. The topological polar surface area (TPSA) is 69.7 Å². The van der Waals surface area contributed by atoms with Gasteiger partial charge in [0.2, 0.25) is 0 Å². The van der Waals surface area contributed by atoms with Crippen LogP contribution in [0.25, 0.3) is 0 Å². The molecule has 0 saturated carbocycles. The maximum atomic E-state index is 13.1. The average molecular weight is 398 g/mol. The minimum atomic E-state index is -1.07. The van der Waals surface area contributed by atoms with Crippen LogP contribution in [-0.2, 0) is 11.3 Å². The lowest BCUT2D eigenvalue weighted by Gasteiger charge is -2.38. The number of likely N-dealkylation sites (tertiary alicyclic amines) is 1. The van der Waals surface area contributed by atoms with Crippen molar-refractivity contribution in [3.8, 4) is 0 Å². The van der Waals surface area contributed by atoms with E-state index in [9.17, 15) is 14.4 Å². The largest absolute Gasteiger partial charge is 0.336 e. The molecule has 2 saturated heterocycles. The highest BCUT2D eigenvalue weighted by molar-refractivity contribution is 6.33. The van der Waals surface area contributed by atoms with E-state index in [2.05, 4.69) is 5.32 Å². The fraction of sp³-hybridized carbons (Fsp3) is 0.286. The van der Waals surface area contributed by atoms with E-state index in [1.165, 1.54) is 4.90 Å². The Morgan fingerprint density at radius 2 is 1.79 bits per heavy atom. The molecular weight excluding hydrogens is 378 g/mol. The Hall–Kier alpha value is -2.86. The van der Waals surface area contributed by atoms with Gasteiger partial charge in [0.1, 0.15) is 5.54 Å². The van der Waals surface area contributed by atoms with Crippen LogP contribution in [-0.4, -0.2) is 46.3 Å². The molecule has 2 aromatic rings. The van der Waals surface area contributed by atoms with E-state index in [-0.39, 0.29) is 24.9 Å². The molecule has 0 bridgehead atoms. The van der Waals surface area contributed by atoms with Gasteiger partial charge in [0.25, 0.3) is 11.8 Å². The van der Waals surface area contributed by atoms with Crippen LogP contribution >= 0.6 is 11.6 Å². The molecule has 0 aromatic heterocycles. The molecule has 1 N–H and O–H groups in total. The van der Waals surface area contributed by atoms with E-state index >= 15 is 0 Å². The van der Waals surface area contributed by atoms with E-state index in [1.54, 1.807) is 29.2 Å². The number of urea groups is 1. The first-order valence-electron chi connectivity index (χ1n) is 9.22. The number of carbonyl (C=O) groups is 3. The highest BCUT2D eigenvalue weighted by Gasteiger charge is 2.53. The van der Waals surface area contributed by atoms with E-state index in [1.807, 2.05) is 30.3 Å². The van der Waals surface area contributed by atoms with Crippen LogP contribution in [0, 0.1) is 0 Å². The van der Waals surface area contributed by atoms with Crippen LogP contribution in [0.5, 0.6) is 0 Å². The van der Waals surface area contributed by atoms with Crippen molar-refractivity contribution in [3.63, 3.8) is 0 Å². The van der Waals surface area contributed by atoms with Crippen molar-refractivity contribution in [2.24, 2.45) is 0 Å². The summed E-state index contributed by atoms with van der Waals surface area (Å²) in [5.74, 6) is -0.508. The summed E-state index contributed by atoms with van der Waals surface area (Å²) in [6.07, 6.45) is 1.14. The number of nitrogens with zero attached hydrogens (tertiary/aromatic N) is 2. The van der Waals surface area contributed by atoms with Gasteiger partial charge in [-0.05, 0) is 30.5 Å². The van der Waals surface area contributed by atoms with Crippen LogP contribution in [0.2, 0.25) is 5.02 Å². The minimum absolute atomic E-state index is 0.146. The zero-order valence-corrected chi connectivity index (χ0v) is 16.0. The summed E-state index contributed by atoms with van der Waals surface area (Å²) in [6.45, 7) is 0.881. The summed E-state index contributed by atoms with van der Waals surface area (Å²) in [5.41, 5.74) is 0.211. The van der Waals surface area contributed by atoms with Gasteiger partial charge in [-0.2, -0.15) is 0 Å². The van der Waals surface area contributed by atoms with Gasteiger partial charge in [0.05, 0.1) is 23.7 Å². The molecule has 2 aliphatic heterocycles. The van der Waals surface area contributed by atoms with Crippen molar-refractivity contribution in [2.75, 3.05) is 13.1 Å². The molecule has 144 valence electrons. The number of imide groups is 1. The molecule has 1 unspecified atom stereocenters. The molecule has 0 aliphatic carbocycles. The Balaban J connectivity index is 1.55. The highest BCUT2D eigenvalue weighted by Crippen LogP contribution is 2.30. The zero-order chi connectivity index (χ0) is 19.7. The highest BCUT2D eigenvalue weighted by atomic mass is 35.5.